The Kier molecular flexibility index (Phi) is 2.57. The van der Waals surface area contributed by atoms with E-state index in [9.17, 15) is 4.79 Å². The van der Waals surface area contributed by atoms with Gasteiger partial charge in [-0.15, -0.1) is 11.3 Å². The van der Waals surface area contributed by atoms with E-state index in [4.69, 9.17) is 0 Å². The van der Waals surface area contributed by atoms with Crippen molar-refractivity contribution in [1.29, 1.82) is 0 Å². The smallest absolute Gasteiger partial charge is 0.260 e. The van der Waals surface area contributed by atoms with Gasteiger partial charge in [-0.05, 0) is 48.8 Å². The number of fused-ring (bicyclic) bond motifs is 3. The molecule has 0 spiro atoms. The van der Waals surface area contributed by atoms with Crippen LogP contribution in [0.5, 0.6) is 0 Å². The molecule has 3 heterocycles. The Bertz CT molecular complexity index is 842. The summed E-state index contributed by atoms with van der Waals surface area (Å²) in [7, 11) is 1.90. The Morgan fingerprint density at radius 1 is 1.25 bits per heavy atom. The van der Waals surface area contributed by atoms with Crippen LogP contribution in [0.2, 0.25) is 0 Å². The van der Waals surface area contributed by atoms with Crippen molar-refractivity contribution in [2.24, 2.45) is 7.05 Å². The van der Waals surface area contributed by atoms with E-state index < -0.39 is 0 Å². The average Bonchev–Trinajstić information content (AvgIpc) is 3.11. The fourth-order valence-corrected chi connectivity index (χ4v) is 3.91. The van der Waals surface area contributed by atoms with Gasteiger partial charge < -0.3 is 0 Å². The lowest BCUT2D eigenvalue weighted by Gasteiger charge is -2.18. The number of rotatable bonds is 1. The SMILES string of the molecule is Cn1ncc2c3c(c(=O)n(-c4cccs4)c21)CCCC3. The molecule has 4 nitrogen and oxygen atoms in total. The summed E-state index contributed by atoms with van der Waals surface area (Å²) >= 11 is 1.59. The summed E-state index contributed by atoms with van der Waals surface area (Å²) in [5.41, 5.74) is 3.26. The first-order valence-electron chi connectivity index (χ1n) is 6.89. The molecule has 3 aromatic heterocycles. The average molecular weight is 285 g/mol. The van der Waals surface area contributed by atoms with E-state index in [1.54, 1.807) is 11.3 Å². The van der Waals surface area contributed by atoms with Crippen LogP contribution >= 0.6 is 11.3 Å². The van der Waals surface area contributed by atoms with Crippen LogP contribution in [-0.4, -0.2) is 14.3 Å². The van der Waals surface area contributed by atoms with Crippen molar-refractivity contribution >= 4 is 22.4 Å². The molecule has 0 radical (unpaired) electrons. The lowest BCUT2D eigenvalue weighted by Crippen LogP contribution is -2.27. The van der Waals surface area contributed by atoms with Crippen molar-refractivity contribution in [3.05, 3.63) is 45.2 Å². The fraction of sp³-hybridized carbons (Fsp3) is 0.333. The molecule has 1 aliphatic carbocycles. The molecule has 0 unspecified atom stereocenters. The predicted molar refractivity (Wildman–Crippen MR) is 80.8 cm³/mol. The van der Waals surface area contributed by atoms with Crippen LogP contribution in [-0.2, 0) is 19.9 Å². The third kappa shape index (κ3) is 1.53. The van der Waals surface area contributed by atoms with Crippen LogP contribution in [0.1, 0.15) is 24.0 Å². The second-order valence-electron chi connectivity index (χ2n) is 5.26. The Morgan fingerprint density at radius 3 is 2.80 bits per heavy atom. The standard InChI is InChI=1S/C15H15N3OS/c1-17-14-12(9-16-17)10-5-2-3-6-11(10)15(19)18(14)13-7-4-8-20-13/h4,7-9H,2-3,5-6H2,1H3. The molecule has 0 amide bonds. The number of aromatic nitrogens is 3. The van der Waals surface area contributed by atoms with Crippen LogP contribution in [0.4, 0.5) is 0 Å². The second-order valence-corrected chi connectivity index (χ2v) is 6.19. The second kappa shape index (κ2) is 4.31. The van der Waals surface area contributed by atoms with Crippen molar-refractivity contribution in [2.45, 2.75) is 25.7 Å². The molecule has 3 aromatic rings. The number of hydrogen-bond donors (Lipinski definition) is 0. The monoisotopic (exact) mass is 285 g/mol. The largest absolute Gasteiger partial charge is 0.269 e. The molecule has 0 saturated heterocycles. The predicted octanol–water partition coefficient (Wildman–Crippen LogP) is 2.66. The minimum absolute atomic E-state index is 0.137. The zero-order valence-corrected chi connectivity index (χ0v) is 12.1. The van der Waals surface area contributed by atoms with Gasteiger partial charge in [0.25, 0.3) is 5.56 Å². The van der Waals surface area contributed by atoms with E-state index in [0.717, 1.165) is 40.9 Å². The summed E-state index contributed by atoms with van der Waals surface area (Å²) in [5, 5.41) is 8.48. The Morgan fingerprint density at radius 2 is 2.05 bits per heavy atom. The molecule has 1 aliphatic rings. The Hall–Kier alpha value is -1.88. The van der Waals surface area contributed by atoms with Gasteiger partial charge in [0.2, 0.25) is 0 Å². The Labute approximate surface area is 120 Å². The normalized spacial score (nSPS) is 14.7. The van der Waals surface area contributed by atoms with E-state index in [2.05, 4.69) is 5.10 Å². The quantitative estimate of drug-likeness (QED) is 0.689. The van der Waals surface area contributed by atoms with Crippen LogP contribution < -0.4 is 5.56 Å². The zero-order chi connectivity index (χ0) is 13.7. The molecule has 0 aliphatic heterocycles. The van der Waals surface area contributed by atoms with Gasteiger partial charge in [0, 0.05) is 18.0 Å². The first kappa shape index (κ1) is 11.9. The summed E-state index contributed by atoms with van der Waals surface area (Å²) < 4.78 is 3.64. The van der Waals surface area contributed by atoms with Gasteiger partial charge in [-0.2, -0.15) is 5.10 Å². The third-order valence-corrected chi connectivity index (χ3v) is 4.95. The summed E-state index contributed by atoms with van der Waals surface area (Å²) in [5.74, 6) is 0. The maximum absolute atomic E-state index is 12.9. The molecule has 0 saturated carbocycles. The number of thiophene rings is 1. The molecule has 5 heteroatoms. The molecule has 0 bridgehead atoms. The van der Waals surface area contributed by atoms with Gasteiger partial charge in [-0.25, -0.2) is 0 Å². The van der Waals surface area contributed by atoms with E-state index >= 15 is 0 Å². The molecule has 4 rings (SSSR count). The molecule has 20 heavy (non-hydrogen) atoms. The van der Waals surface area contributed by atoms with Crippen molar-refractivity contribution in [3.63, 3.8) is 0 Å². The molecular formula is C15H15N3OS. The van der Waals surface area contributed by atoms with Gasteiger partial charge in [-0.1, -0.05) is 0 Å². The van der Waals surface area contributed by atoms with Crippen molar-refractivity contribution in [1.82, 2.24) is 14.3 Å². The summed E-state index contributed by atoms with van der Waals surface area (Å²) in [6.07, 6.45) is 6.07. The topological polar surface area (TPSA) is 39.8 Å². The third-order valence-electron chi connectivity index (χ3n) is 4.10. The van der Waals surface area contributed by atoms with Gasteiger partial charge in [0.05, 0.1) is 6.20 Å². The zero-order valence-electron chi connectivity index (χ0n) is 11.3. The molecule has 0 atom stereocenters. The first-order valence-corrected chi connectivity index (χ1v) is 7.77. The van der Waals surface area contributed by atoms with Crippen molar-refractivity contribution < 1.29 is 0 Å². The first-order chi connectivity index (χ1) is 9.77. The van der Waals surface area contributed by atoms with E-state index in [0.29, 0.717) is 0 Å². The van der Waals surface area contributed by atoms with Crippen molar-refractivity contribution in [2.75, 3.05) is 0 Å². The minimum Gasteiger partial charge on any atom is -0.269 e. The number of aryl methyl sites for hydroxylation is 2. The van der Waals surface area contributed by atoms with Crippen LogP contribution in [0.3, 0.4) is 0 Å². The van der Waals surface area contributed by atoms with E-state index in [1.807, 2.05) is 40.0 Å². The van der Waals surface area contributed by atoms with Gasteiger partial charge >= 0.3 is 0 Å². The molecule has 0 N–H and O–H groups in total. The number of hydrogen-bond acceptors (Lipinski definition) is 3. The molecule has 102 valence electrons. The highest BCUT2D eigenvalue weighted by Crippen LogP contribution is 2.28. The minimum atomic E-state index is 0.137. The highest BCUT2D eigenvalue weighted by molar-refractivity contribution is 7.12. The molecule has 0 fully saturated rings. The van der Waals surface area contributed by atoms with Gasteiger partial charge in [0.1, 0.15) is 10.6 Å². The highest BCUT2D eigenvalue weighted by atomic mass is 32.1. The van der Waals surface area contributed by atoms with Crippen molar-refractivity contribution in [3.8, 4) is 5.00 Å². The number of pyridine rings is 1. The maximum atomic E-state index is 12.9. The van der Waals surface area contributed by atoms with Crippen LogP contribution in [0, 0.1) is 0 Å². The van der Waals surface area contributed by atoms with E-state index in [1.165, 1.54) is 12.0 Å². The summed E-state index contributed by atoms with van der Waals surface area (Å²) in [6.45, 7) is 0. The fourth-order valence-electron chi connectivity index (χ4n) is 3.18. The Balaban J connectivity index is 2.20. The lowest BCUT2D eigenvalue weighted by molar-refractivity contribution is 0.676. The molecule has 0 aromatic carbocycles. The van der Waals surface area contributed by atoms with Crippen LogP contribution in [0.25, 0.3) is 16.0 Å². The van der Waals surface area contributed by atoms with Gasteiger partial charge in [-0.3, -0.25) is 14.0 Å². The lowest BCUT2D eigenvalue weighted by atomic mass is 9.91. The summed E-state index contributed by atoms with van der Waals surface area (Å²) in [4.78, 5) is 12.9. The molecular weight excluding hydrogens is 270 g/mol. The maximum Gasteiger partial charge on any atom is 0.260 e. The number of nitrogens with zero attached hydrogens (tertiary/aromatic N) is 3. The van der Waals surface area contributed by atoms with Crippen LogP contribution in [0.15, 0.2) is 28.5 Å². The highest BCUT2D eigenvalue weighted by Gasteiger charge is 2.22. The van der Waals surface area contributed by atoms with E-state index in [-0.39, 0.29) is 5.56 Å². The van der Waals surface area contributed by atoms with Gasteiger partial charge in [0.15, 0.2) is 0 Å². The summed E-state index contributed by atoms with van der Waals surface area (Å²) in [6, 6.07) is 3.97.